The molecule has 0 radical (unpaired) electrons. The molecule has 4 rings (SSSR count). The number of nitro groups is 1. The fourth-order valence-corrected chi connectivity index (χ4v) is 3.29. The van der Waals surface area contributed by atoms with Crippen LogP contribution < -0.4 is 10.5 Å². The van der Waals surface area contributed by atoms with Gasteiger partial charge in [-0.2, -0.15) is 0 Å². The van der Waals surface area contributed by atoms with E-state index in [2.05, 4.69) is 4.98 Å². The largest absolute Gasteiger partial charge is 0.378 e. The molecule has 0 aliphatic heterocycles. The van der Waals surface area contributed by atoms with Crippen LogP contribution in [-0.2, 0) is 0 Å². The number of non-ortho nitro benzene ring substituents is 1. The Balaban J connectivity index is 1.84. The molecule has 0 saturated carbocycles. The van der Waals surface area contributed by atoms with Gasteiger partial charge in [-0.15, -0.1) is 0 Å². The third-order valence-electron chi connectivity index (χ3n) is 4.95. The first-order chi connectivity index (χ1) is 14.9. The van der Waals surface area contributed by atoms with Gasteiger partial charge in [0.15, 0.2) is 0 Å². The molecule has 0 aliphatic carbocycles. The average molecular weight is 412 g/mol. The summed E-state index contributed by atoms with van der Waals surface area (Å²) in [5, 5.41) is 11.5. The van der Waals surface area contributed by atoms with Crippen molar-refractivity contribution in [1.29, 1.82) is 0 Å². The van der Waals surface area contributed by atoms with E-state index >= 15 is 0 Å². The molecule has 0 spiro atoms. The summed E-state index contributed by atoms with van der Waals surface area (Å²) in [6.07, 6.45) is 3.66. The van der Waals surface area contributed by atoms with E-state index in [1.165, 1.54) is 16.7 Å². The molecule has 0 aliphatic rings. The lowest BCUT2D eigenvalue weighted by Gasteiger charge is -2.12. The van der Waals surface area contributed by atoms with Gasteiger partial charge in [0.1, 0.15) is 5.82 Å². The topological polar surface area (TPSA) is 81.3 Å². The molecule has 0 saturated heterocycles. The number of nitro benzene ring substituents is 1. The molecule has 0 amide bonds. The van der Waals surface area contributed by atoms with Gasteiger partial charge in [0.05, 0.1) is 21.5 Å². The molecular formula is C24H20N4O3. The lowest BCUT2D eigenvalue weighted by molar-refractivity contribution is -0.384. The fraction of sp³-hybridized carbons (Fsp3) is 0.0833. The molecule has 7 nitrogen and oxygen atoms in total. The molecule has 0 bridgehead atoms. The van der Waals surface area contributed by atoms with Crippen LogP contribution >= 0.6 is 0 Å². The number of rotatable bonds is 5. The van der Waals surface area contributed by atoms with Crippen molar-refractivity contribution in [2.24, 2.45) is 0 Å². The van der Waals surface area contributed by atoms with Crippen molar-refractivity contribution in [3.05, 3.63) is 105 Å². The fourth-order valence-electron chi connectivity index (χ4n) is 3.29. The lowest BCUT2D eigenvalue weighted by atomic mass is 10.1. The predicted molar refractivity (Wildman–Crippen MR) is 124 cm³/mol. The first-order valence-corrected chi connectivity index (χ1v) is 9.66. The number of fused-ring (bicyclic) bond motifs is 1. The zero-order valence-electron chi connectivity index (χ0n) is 17.1. The normalized spacial score (nSPS) is 11.2. The van der Waals surface area contributed by atoms with Gasteiger partial charge in [-0.3, -0.25) is 19.5 Å². The maximum atomic E-state index is 13.2. The van der Waals surface area contributed by atoms with E-state index in [1.807, 2.05) is 55.4 Å². The highest BCUT2D eigenvalue weighted by Crippen LogP contribution is 2.19. The minimum absolute atomic E-state index is 0.0383. The van der Waals surface area contributed by atoms with Gasteiger partial charge in [-0.1, -0.05) is 30.3 Å². The zero-order chi connectivity index (χ0) is 22.0. The van der Waals surface area contributed by atoms with Crippen molar-refractivity contribution in [2.75, 3.05) is 19.0 Å². The Bertz CT molecular complexity index is 1340. The van der Waals surface area contributed by atoms with E-state index in [-0.39, 0.29) is 11.2 Å². The Morgan fingerprint density at radius 1 is 0.935 bits per heavy atom. The molecule has 0 fully saturated rings. The van der Waals surface area contributed by atoms with E-state index < -0.39 is 4.92 Å². The Hall–Kier alpha value is -4.26. The minimum Gasteiger partial charge on any atom is -0.378 e. The summed E-state index contributed by atoms with van der Waals surface area (Å²) in [5.74, 6) is 0.439. The lowest BCUT2D eigenvalue weighted by Crippen LogP contribution is -2.22. The summed E-state index contributed by atoms with van der Waals surface area (Å²) < 4.78 is 1.47. The van der Waals surface area contributed by atoms with E-state index in [9.17, 15) is 14.9 Å². The van der Waals surface area contributed by atoms with Crippen molar-refractivity contribution >= 4 is 34.4 Å². The van der Waals surface area contributed by atoms with Gasteiger partial charge in [0.25, 0.3) is 11.2 Å². The third kappa shape index (κ3) is 4.06. The number of benzene rings is 3. The Labute approximate surface area is 178 Å². The molecular weight excluding hydrogens is 392 g/mol. The summed E-state index contributed by atoms with van der Waals surface area (Å²) in [5.41, 5.74) is 2.88. The van der Waals surface area contributed by atoms with E-state index in [4.69, 9.17) is 0 Å². The van der Waals surface area contributed by atoms with Crippen LogP contribution in [0.5, 0.6) is 0 Å². The van der Waals surface area contributed by atoms with Crippen LogP contribution in [0.1, 0.15) is 11.4 Å². The van der Waals surface area contributed by atoms with Crippen LogP contribution in [0.15, 0.2) is 77.6 Å². The first kappa shape index (κ1) is 20.0. The molecule has 0 unspecified atom stereocenters. The van der Waals surface area contributed by atoms with Crippen molar-refractivity contribution in [3.63, 3.8) is 0 Å². The molecule has 4 aromatic rings. The second-order valence-corrected chi connectivity index (χ2v) is 7.22. The van der Waals surface area contributed by atoms with Gasteiger partial charge in [0.2, 0.25) is 0 Å². The van der Waals surface area contributed by atoms with Crippen molar-refractivity contribution in [2.45, 2.75) is 0 Å². The first-order valence-electron chi connectivity index (χ1n) is 9.66. The number of para-hydroxylation sites is 1. The van der Waals surface area contributed by atoms with Crippen molar-refractivity contribution < 1.29 is 4.92 Å². The van der Waals surface area contributed by atoms with E-state index in [0.29, 0.717) is 22.4 Å². The van der Waals surface area contributed by atoms with Gasteiger partial charge in [-0.25, -0.2) is 4.98 Å². The number of hydrogen-bond donors (Lipinski definition) is 0. The van der Waals surface area contributed by atoms with E-state index in [0.717, 1.165) is 11.3 Å². The Morgan fingerprint density at radius 2 is 1.61 bits per heavy atom. The molecule has 31 heavy (non-hydrogen) atoms. The standard InChI is InChI=1S/C24H20N4O3/c1-26(2)18-10-7-17(8-11-18)9-16-23-25-22-6-4-3-5-21(22)24(29)27(23)19-12-14-20(15-13-19)28(30)31/h3-16H,1-2H3. The van der Waals surface area contributed by atoms with Crippen LogP contribution in [0.4, 0.5) is 11.4 Å². The molecule has 1 aromatic heterocycles. The molecule has 3 aromatic carbocycles. The molecule has 0 atom stereocenters. The maximum absolute atomic E-state index is 13.2. The second-order valence-electron chi connectivity index (χ2n) is 7.22. The quantitative estimate of drug-likeness (QED) is 0.355. The van der Waals surface area contributed by atoms with Gasteiger partial charge >= 0.3 is 0 Å². The summed E-state index contributed by atoms with van der Waals surface area (Å²) >= 11 is 0. The molecule has 0 N–H and O–H groups in total. The molecule has 154 valence electrons. The van der Waals surface area contributed by atoms with Gasteiger partial charge in [-0.05, 0) is 48.0 Å². The van der Waals surface area contributed by atoms with Crippen LogP contribution in [0, 0.1) is 10.1 Å². The molecule has 7 heteroatoms. The van der Waals surface area contributed by atoms with Gasteiger partial charge < -0.3 is 4.90 Å². The number of nitrogens with zero attached hydrogens (tertiary/aromatic N) is 4. The van der Waals surface area contributed by atoms with Crippen LogP contribution in [0.3, 0.4) is 0 Å². The monoisotopic (exact) mass is 412 g/mol. The highest BCUT2D eigenvalue weighted by Gasteiger charge is 2.12. The zero-order valence-corrected chi connectivity index (χ0v) is 17.1. The smallest absolute Gasteiger partial charge is 0.269 e. The number of aromatic nitrogens is 2. The van der Waals surface area contributed by atoms with Gasteiger partial charge in [0, 0.05) is 31.9 Å². The summed E-state index contributed by atoms with van der Waals surface area (Å²) in [4.78, 5) is 30.5. The summed E-state index contributed by atoms with van der Waals surface area (Å²) in [7, 11) is 3.96. The minimum atomic E-state index is -0.469. The van der Waals surface area contributed by atoms with Crippen LogP contribution in [0.25, 0.3) is 28.7 Å². The second kappa shape index (κ2) is 8.23. The van der Waals surface area contributed by atoms with Crippen molar-refractivity contribution in [3.8, 4) is 5.69 Å². The number of hydrogen-bond acceptors (Lipinski definition) is 5. The van der Waals surface area contributed by atoms with Crippen LogP contribution in [-0.4, -0.2) is 28.6 Å². The summed E-state index contributed by atoms with van der Waals surface area (Å²) in [6, 6.07) is 21.0. The summed E-state index contributed by atoms with van der Waals surface area (Å²) in [6.45, 7) is 0. The highest BCUT2D eigenvalue weighted by atomic mass is 16.6. The number of anilines is 1. The van der Waals surface area contributed by atoms with Crippen molar-refractivity contribution in [1.82, 2.24) is 9.55 Å². The Kier molecular flexibility index (Phi) is 5.32. The van der Waals surface area contributed by atoms with Crippen LogP contribution in [0.2, 0.25) is 0 Å². The maximum Gasteiger partial charge on any atom is 0.269 e. The Morgan fingerprint density at radius 3 is 2.26 bits per heavy atom. The molecule has 1 heterocycles. The average Bonchev–Trinajstić information content (AvgIpc) is 2.78. The van der Waals surface area contributed by atoms with E-state index in [1.54, 1.807) is 36.4 Å². The SMILES string of the molecule is CN(C)c1ccc(C=Cc2nc3ccccc3c(=O)n2-c2ccc([N+](=O)[O-])cc2)cc1. The third-order valence-corrected chi connectivity index (χ3v) is 4.95. The highest BCUT2D eigenvalue weighted by molar-refractivity contribution is 5.80. The predicted octanol–water partition coefficient (Wildman–Crippen LogP) is 4.53.